The van der Waals surface area contributed by atoms with E-state index in [1.54, 1.807) is 6.20 Å². The van der Waals surface area contributed by atoms with Gasteiger partial charge >= 0.3 is 0 Å². The third-order valence-corrected chi connectivity index (χ3v) is 3.06. The summed E-state index contributed by atoms with van der Waals surface area (Å²) in [6.07, 6.45) is 3.00. The molecule has 2 atom stereocenters. The van der Waals surface area contributed by atoms with Gasteiger partial charge in [0.25, 0.3) is 0 Å². The molecule has 1 aromatic rings. The SMILES string of the molecule is CC1OCCC1N(C)c1nccc(CN)n1. The molecule has 0 saturated carbocycles. The first-order valence-corrected chi connectivity index (χ1v) is 5.59. The zero-order valence-electron chi connectivity index (χ0n) is 9.76. The summed E-state index contributed by atoms with van der Waals surface area (Å²) in [4.78, 5) is 10.8. The van der Waals surface area contributed by atoms with Crippen LogP contribution in [0.2, 0.25) is 0 Å². The maximum absolute atomic E-state index is 5.57. The van der Waals surface area contributed by atoms with Gasteiger partial charge in [-0.3, -0.25) is 0 Å². The second kappa shape index (κ2) is 4.76. The molecule has 88 valence electrons. The summed E-state index contributed by atoms with van der Waals surface area (Å²) in [6.45, 7) is 3.34. The van der Waals surface area contributed by atoms with Crippen LogP contribution in [0.1, 0.15) is 19.0 Å². The Labute approximate surface area is 95.6 Å². The van der Waals surface area contributed by atoms with Gasteiger partial charge in [0.15, 0.2) is 0 Å². The summed E-state index contributed by atoms with van der Waals surface area (Å²) < 4.78 is 5.54. The minimum Gasteiger partial charge on any atom is -0.376 e. The molecule has 16 heavy (non-hydrogen) atoms. The van der Waals surface area contributed by atoms with Gasteiger partial charge in [-0.15, -0.1) is 0 Å². The zero-order chi connectivity index (χ0) is 11.5. The Morgan fingerprint density at radius 3 is 3.06 bits per heavy atom. The summed E-state index contributed by atoms with van der Waals surface area (Å²) in [5, 5.41) is 0. The molecule has 0 amide bonds. The number of rotatable bonds is 3. The minimum atomic E-state index is 0.232. The molecule has 5 nitrogen and oxygen atoms in total. The molecular formula is C11H18N4O. The van der Waals surface area contributed by atoms with Gasteiger partial charge in [-0.1, -0.05) is 0 Å². The second-order valence-corrected chi connectivity index (χ2v) is 4.09. The third kappa shape index (κ3) is 2.15. The Bertz CT molecular complexity index is 358. The van der Waals surface area contributed by atoms with Gasteiger partial charge in [-0.2, -0.15) is 0 Å². The van der Waals surface area contributed by atoms with Crippen LogP contribution in [0.5, 0.6) is 0 Å². The van der Waals surface area contributed by atoms with Gasteiger partial charge < -0.3 is 15.4 Å². The minimum absolute atomic E-state index is 0.232. The fourth-order valence-electron chi connectivity index (χ4n) is 2.05. The maximum Gasteiger partial charge on any atom is 0.225 e. The molecule has 2 unspecified atom stereocenters. The fraction of sp³-hybridized carbons (Fsp3) is 0.636. The van der Waals surface area contributed by atoms with Crippen molar-refractivity contribution in [2.75, 3.05) is 18.6 Å². The van der Waals surface area contributed by atoms with Gasteiger partial charge in [0.05, 0.1) is 17.8 Å². The van der Waals surface area contributed by atoms with Crippen molar-refractivity contribution in [2.45, 2.75) is 32.0 Å². The lowest BCUT2D eigenvalue weighted by Gasteiger charge is -2.26. The lowest BCUT2D eigenvalue weighted by molar-refractivity contribution is 0.118. The number of nitrogens with zero attached hydrogens (tertiary/aromatic N) is 3. The van der Waals surface area contributed by atoms with E-state index in [2.05, 4.69) is 21.8 Å². The Balaban J connectivity index is 2.16. The number of hydrogen-bond acceptors (Lipinski definition) is 5. The summed E-state index contributed by atoms with van der Waals surface area (Å²) >= 11 is 0. The molecule has 1 aliphatic heterocycles. The highest BCUT2D eigenvalue weighted by Crippen LogP contribution is 2.21. The number of ether oxygens (including phenoxy) is 1. The van der Waals surface area contributed by atoms with Crippen molar-refractivity contribution in [2.24, 2.45) is 5.73 Å². The molecular weight excluding hydrogens is 204 g/mol. The Morgan fingerprint density at radius 2 is 2.44 bits per heavy atom. The number of hydrogen-bond donors (Lipinski definition) is 1. The van der Waals surface area contributed by atoms with Gasteiger partial charge in [-0.05, 0) is 19.4 Å². The van der Waals surface area contributed by atoms with Crippen LogP contribution in [0.3, 0.4) is 0 Å². The van der Waals surface area contributed by atoms with Crippen LogP contribution in [0.15, 0.2) is 12.3 Å². The van der Waals surface area contributed by atoms with Crippen molar-refractivity contribution >= 4 is 5.95 Å². The molecule has 0 spiro atoms. The Kier molecular flexibility index (Phi) is 3.36. The van der Waals surface area contributed by atoms with Crippen LogP contribution in [-0.2, 0) is 11.3 Å². The molecule has 0 bridgehead atoms. The van der Waals surface area contributed by atoms with E-state index in [1.165, 1.54) is 0 Å². The topological polar surface area (TPSA) is 64.3 Å². The van der Waals surface area contributed by atoms with E-state index in [9.17, 15) is 0 Å². The predicted molar refractivity (Wildman–Crippen MR) is 62.1 cm³/mol. The van der Waals surface area contributed by atoms with Crippen molar-refractivity contribution < 1.29 is 4.74 Å². The van der Waals surface area contributed by atoms with Gasteiger partial charge in [0.1, 0.15) is 0 Å². The van der Waals surface area contributed by atoms with Crippen molar-refractivity contribution in [3.63, 3.8) is 0 Å². The van der Waals surface area contributed by atoms with Gasteiger partial charge in [-0.25, -0.2) is 9.97 Å². The smallest absolute Gasteiger partial charge is 0.225 e. The zero-order valence-corrected chi connectivity index (χ0v) is 9.76. The van der Waals surface area contributed by atoms with E-state index in [4.69, 9.17) is 10.5 Å². The third-order valence-electron chi connectivity index (χ3n) is 3.06. The lowest BCUT2D eigenvalue weighted by atomic mass is 10.1. The first-order valence-electron chi connectivity index (χ1n) is 5.59. The van der Waals surface area contributed by atoms with E-state index in [0.717, 1.165) is 24.7 Å². The standard InChI is InChI=1S/C11H18N4O/c1-8-10(4-6-16-8)15(2)11-13-5-3-9(7-12)14-11/h3,5,8,10H,4,6-7,12H2,1-2H3. The molecule has 0 aromatic carbocycles. The molecule has 2 rings (SSSR count). The molecule has 1 saturated heterocycles. The quantitative estimate of drug-likeness (QED) is 0.809. The van der Waals surface area contributed by atoms with Crippen molar-refractivity contribution in [1.82, 2.24) is 9.97 Å². The number of aromatic nitrogens is 2. The number of likely N-dealkylation sites (N-methyl/N-ethyl adjacent to an activating group) is 1. The van der Waals surface area contributed by atoms with Gasteiger partial charge in [0.2, 0.25) is 5.95 Å². The fourth-order valence-corrected chi connectivity index (χ4v) is 2.05. The number of nitrogens with two attached hydrogens (primary N) is 1. The Morgan fingerprint density at radius 1 is 1.62 bits per heavy atom. The van der Waals surface area contributed by atoms with Crippen molar-refractivity contribution in [1.29, 1.82) is 0 Å². The van der Waals surface area contributed by atoms with Crippen LogP contribution in [-0.4, -0.2) is 35.8 Å². The highest BCUT2D eigenvalue weighted by molar-refractivity contribution is 5.31. The van der Waals surface area contributed by atoms with E-state index in [-0.39, 0.29) is 6.10 Å². The molecule has 5 heteroatoms. The number of anilines is 1. The van der Waals surface area contributed by atoms with Crippen LogP contribution in [0.25, 0.3) is 0 Å². The van der Waals surface area contributed by atoms with Crippen molar-refractivity contribution in [3.8, 4) is 0 Å². The summed E-state index contributed by atoms with van der Waals surface area (Å²) in [5.74, 6) is 0.727. The maximum atomic E-state index is 5.57. The molecule has 1 aromatic heterocycles. The summed E-state index contributed by atoms with van der Waals surface area (Å²) in [6, 6.07) is 2.19. The molecule has 0 aliphatic carbocycles. The predicted octanol–water partition coefficient (Wildman–Crippen LogP) is 0.549. The van der Waals surface area contributed by atoms with E-state index in [0.29, 0.717) is 12.6 Å². The van der Waals surface area contributed by atoms with Crippen LogP contribution >= 0.6 is 0 Å². The summed E-state index contributed by atoms with van der Waals surface area (Å²) in [7, 11) is 2.01. The summed E-state index contributed by atoms with van der Waals surface area (Å²) in [5.41, 5.74) is 6.43. The van der Waals surface area contributed by atoms with Gasteiger partial charge in [0, 0.05) is 26.4 Å². The lowest BCUT2D eigenvalue weighted by Crippen LogP contribution is -2.37. The monoisotopic (exact) mass is 222 g/mol. The van der Waals surface area contributed by atoms with Crippen LogP contribution < -0.4 is 10.6 Å². The first kappa shape index (κ1) is 11.3. The van der Waals surface area contributed by atoms with Crippen LogP contribution in [0.4, 0.5) is 5.95 Å². The Hall–Kier alpha value is -1.20. The largest absolute Gasteiger partial charge is 0.376 e. The van der Waals surface area contributed by atoms with E-state index < -0.39 is 0 Å². The molecule has 2 heterocycles. The van der Waals surface area contributed by atoms with Crippen molar-refractivity contribution in [3.05, 3.63) is 18.0 Å². The van der Waals surface area contributed by atoms with Crippen LogP contribution in [0, 0.1) is 0 Å². The molecule has 0 radical (unpaired) electrons. The first-order chi connectivity index (χ1) is 7.72. The molecule has 1 aliphatic rings. The molecule has 1 fully saturated rings. The highest BCUT2D eigenvalue weighted by atomic mass is 16.5. The highest BCUT2D eigenvalue weighted by Gasteiger charge is 2.29. The molecule has 2 N–H and O–H groups in total. The van der Waals surface area contributed by atoms with E-state index >= 15 is 0 Å². The average molecular weight is 222 g/mol. The second-order valence-electron chi connectivity index (χ2n) is 4.09. The average Bonchev–Trinajstić information content (AvgIpc) is 2.74. The normalized spacial score (nSPS) is 24.7. The van der Waals surface area contributed by atoms with E-state index in [1.807, 2.05) is 13.1 Å².